The molecule has 0 radical (unpaired) electrons. The van der Waals surface area contributed by atoms with E-state index in [9.17, 15) is 9.65 Å². The van der Waals surface area contributed by atoms with Crippen LogP contribution < -0.4 is 10.1 Å². The van der Waals surface area contributed by atoms with Gasteiger partial charge in [-0.15, -0.1) is 0 Å². The van der Waals surface area contributed by atoms with Crippen LogP contribution >= 0.6 is 0 Å². The van der Waals surface area contributed by atoms with Crippen LogP contribution in [0.3, 0.4) is 0 Å². The summed E-state index contributed by atoms with van der Waals surface area (Å²) in [7, 11) is 1.61. The molecule has 1 aromatic heterocycles. The number of nitriles is 1. The van der Waals surface area contributed by atoms with E-state index in [1.165, 1.54) is 12.1 Å². The maximum Gasteiger partial charge on any atom is 0.163 e. The van der Waals surface area contributed by atoms with Crippen LogP contribution in [0, 0.1) is 17.1 Å². The Labute approximate surface area is 145 Å². The minimum absolute atomic E-state index is 0.261. The summed E-state index contributed by atoms with van der Waals surface area (Å²) in [6.07, 6.45) is 2.28. The third-order valence-electron chi connectivity index (χ3n) is 3.74. The second-order valence-corrected chi connectivity index (χ2v) is 5.51. The van der Waals surface area contributed by atoms with E-state index < -0.39 is 0 Å². The minimum Gasteiger partial charge on any atom is -0.497 e. The smallest absolute Gasteiger partial charge is 0.163 e. The Bertz CT molecular complexity index is 900. The van der Waals surface area contributed by atoms with Crippen LogP contribution in [0.15, 0.2) is 60.8 Å². The molecular formula is C20H16FN3O. The van der Waals surface area contributed by atoms with Crippen molar-refractivity contribution in [2.45, 2.75) is 6.42 Å². The molecule has 0 fully saturated rings. The molecule has 25 heavy (non-hydrogen) atoms. The third-order valence-corrected chi connectivity index (χ3v) is 3.74. The Hall–Kier alpha value is -3.39. The maximum atomic E-state index is 13.0. The van der Waals surface area contributed by atoms with E-state index in [0.717, 1.165) is 22.6 Å². The molecular weight excluding hydrogens is 317 g/mol. The number of nitrogens with zero attached hydrogens (tertiary/aromatic N) is 2. The van der Waals surface area contributed by atoms with Gasteiger partial charge in [0.2, 0.25) is 0 Å². The highest BCUT2D eigenvalue weighted by molar-refractivity contribution is 5.65. The van der Waals surface area contributed by atoms with Gasteiger partial charge in [0.15, 0.2) is 5.69 Å². The molecule has 0 amide bonds. The fourth-order valence-electron chi connectivity index (χ4n) is 2.46. The van der Waals surface area contributed by atoms with E-state index in [-0.39, 0.29) is 5.82 Å². The lowest BCUT2D eigenvalue weighted by Gasteiger charge is -2.10. The molecule has 0 saturated carbocycles. The van der Waals surface area contributed by atoms with Crippen molar-refractivity contribution < 1.29 is 9.13 Å². The van der Waals surface area contributed by atoms with E-state index in [2.05, 4.69) is 16.4 Å². The zero-order chi connectivity index (χ0) is 17.6. The van der Waals surface area contributed by atoms with Gasteiger partial charge in [-0.25, -0.2) is 9.37 Å². The Kier molecular flexibility index (Phi) is 4.91. The number of nitrogens with one attached hydrogen (secondary N) is 1. The molecule has 0 aliphatic heterocycles. The van der Waals surface area contributed by atoms with E-state index in [4.69, 9.17) is 4.74 Å². The molecule has 0 unspecified atom stereocenters. The van der Waals surface area contributed by atoms with Gasteiger partial charge in [0.25, 0.3) is 0 Å². The molecule has 0 aliphatic carbocycles. The molecule has 0 saturated heterocycles. The first-order valence-corrected chi connectivity index (χ1v) is 7.72. The van der Waals surface area contributed by atoms with Gasteiger partial charge in [-0.3, -0.25) is 0 Å². The van der Waals surface area contributed by atoms with E-state index in [1.807, 2.05) is 30.3 Å². The van der Waals surface area contributed by atoms with Crippen molar-refractivity contribution in [3.63, 3.8) is 0 Å². The minimum atomic E-state index is -0.261. The quantitative estimate of drug-likeness (QED) is 0.750. The van der Waals surface area contributed by atoms with Gasteiger partial charge in [-0.05, 0) is 60.0 Å². The zero-order valence-electron chi connectivity index (χ0n) is 13.7. The predicted molar refractivity (Wildman–Crippen MR) is 94.4 cm³/mol. The van der Waals surface area contributed by atoms with Crippen molar-refractivity contribution >= 4 is 11.4 Å². The number of pyridine rings is 1. The number of ether oxygens (including phenoxy) is 1. The Morgan fingerprint density at radius 1 is 1.08 bits per heavy atom. The molecule has 0 spiro atoms. The van der Waals surface area contributed by atoms with Crippen LogP contribution in [-0.2, 0) is 6.42 Å². The van der Waals surface area contributed by atoms with Gasteiger partial charge in [-0.2, -0.15) is 5.26 Å². The average molecular weight is 333 g/mol. The summed E-state index contributed by atoms with van der Waals surface area (Å²) in [5.74, 6) is 0.498. The largest absolute Gasteiger partial charge is 0.497 e. The van der Waals surface area contributed by atoms with Gasteiger partial charge < -0.3 is 10.1 Å². The van der Waals surface area contributed by atoms with Crippen LogP contribution in [-0.4, -0.2) is 12.1 Å². The first-order chi connectivity index (χ1) is 12.2. The van der Waals surface area contributed by atoms with Crippen molar-refractivity contribution in [3.05, 3.63) is 83.4 Å². The summed E-state index contributed by atoms with van der Waals surface area (Å²) in [6.45, 7) is 0. The number of rotatable bonds is 5. The fourth-order valence-corrected chi connectivity index (χ4v) is 2.46. The molecule has 0 bridgehead atoms. The average Bonchev–Trinajstić information content (AvgIpc) is 2.64. The molecule has 4 nitrogen and oxygen atoms in total. The standard InChI is InChI=1S/C20H16FN3O/c1-25-18-8-6-17(7-9-18)24-19-11-15(13-23-20(19)12-22)10-14-2-4-16(21)5-3-14/h2-9,11,13,24H,10H2,1H3. The van der Waals surface area contributed by atoms with Gasteiger partial charge in [0.1, 0.15) is 17.6 Å². The monoisotopic (exact) mass is 333 g/mol. The second kappa shape index (κ2) is 7.45. The molecule has 2 aromatic carbocycles. The van der Waals surface area contributed by atoms with Crippen molar-refractivity contribution in [2.75, 3.05) is 12.4 Å². The number of benzene rings is 2. The summed E-state index contributed by atoms with van der Waals surface area (Å²) in [4.78, 5) is 4.22. The van der Waals surface area contributed by atoms with Crippen LogP contribution in [0.4, 0.5) is 15.8 Å². The molecule has 3 rings (SSSR count). The third kappa shape index (κ3) is 4.12. The van der Waals surface area contributed by atoms with Crippen molar-refractivity contribution in [1.29, 1.82) is 5.26 Å². The van der Waals surface area contributed by atoms with Gasteiger partial charge in [0, 0.05) is 11.9 Å². The molecule has 124 valence electrons. The number of hydrogen-bond donors (Lipinski definition) is 1. The Morgan fingerprint density at radius 3 is 2.44 bits per heavy atom. The van der Waals surface area contributed by atoms with E-state index >= 15 is 0 Å². The summed E-state index contributed by atoms with van der Waals surface area (Å²) >= 11 is 0. The highest BCUT2D eigenvalue weighted by atomic mass is 19.1. The molecule has 0 aliphatic rings. The lowest BCUT2D eigenvalue weighted by Crippen LogP contribution is -1.99. The molecule has 0 atom stereocenters. The number of halogens is 1. The number of methoxy groups -OCH3 is 1. The number of anilines is 2. The highest BCUT2D eigenvalue weighted by Gasteiger charge is 2.07. The summed E-state index contributed by atoms with van der Waals surface area (Å²) in [5, 5.41) is 12.5. The van der Waals surface area contributed by atoms with Crippen molar-refractivity contribution in [2.24, 2.45) is 0 Å². The predicted octanol–water partition coefficient (Wildman–Crippen LogP) is 4.44. The summed E-state index contributed by atoms with van der Waals surface area (Å²) in [6, 6.07) is 17.7. The zero-order valence-corrected chi connectivity index (χ0v) is 13.7. The van der Waals surface area contributed by atoms with Gasteiger partial charge in [-0.1, -0.05) is 12.1 Å². The highest BCUT2D eigenvalue weighted by Crippen LogP contribution is 2.23. The number of aromatic nitrogens is 1. The van der Waals surface area contributed by atoms with E-state index in [0.29, 0.717) is 17.8 Å². The Morgan fingerprint density at radius 2 is 1.80 bits per heavy atom. The second-order valence-electron chi connectivity index (χ2n) is 5.51. The van der Waals surface area contributed by atoms with Crippen molar-refractivity contribution in [1.82, 2.24) is 4.98 Å². The normalized spacial score (nSPS) is 10.1. The number of hydrogen-bond acceptors (Lipinski definition) is 4. The first-order valence-electron chi connectivity index (χ1n) is 7.72. The van der Waals surface area contributed by atoms with Crippen molar-refractivity contribution in [3.8, 4) is 11.8 Å². The molecule has 3 aromatic rings. The van der Waals surface area contributed by atoms with Crippen LogP contribution in [0.5, 0.6) is 5.75 Å². The Balaban J connectivity index is 1.84. The lowest BCUT2D eigenvalue weighted by molar-refractivity contribution is 0.415. The van der Waals surface area contributed by atoms with Crippen LogP contribution in [0.2, 0.25) is 0 Å². The maximum absolute atomic E-state index is 13.0. The van der Waals surface area contributed by atoms with Crippen LogP contribution in [0.1, 0.15) is 16.8 Å². The van der Waals surface area contributed by atoms with Gasteiger partial charge in [0.05, 0.1) is 12.8 Å². The topological polar surface area (TPSA) is 57.9 Å². The molecule has 5 heteroatoms. The molecule has 1 N–H and O–H groups in total. The van der Waals surface area contributed by atoms with E-state index in [1.54, 1.807) is 25.4 Å². The lowest BCUT2D eigenvalue weighted by atomic mass is 10.1. The summed E-state index contributed by atoms with van der Waals surface area (Å²) < 4.78 is 18.2. The van der Waals surface area contributed by atoms with Crippen LogP contribution in [0.25, 0.3) is 0 Å². The molecule has 1 heterocycles. The summed E-state index contributed by atoms with van der Waals surface area (Å²) in [5.41, 5.74) is 3.69. The fraction of sp³-hybridized carbons (Fsp3) is 0.100. The SMILES string of the molecule is COc1ccc(Nc2cc(Cc3ccc(F)cc3)cnc2C#N)cc1. The van der Waals surface area contributed by atoms with Gasteiger partial charge >= 0.3 is 0 Å². The first kappa shape index (κ1) is 16.5.